The van der Waals surface area contributed by atoms with Crippen molar-refractivity contribution in [1.29, 1.82) is 0 Å². The highest BCUT2D eigenvalue weighted by molar-refractivity contribution is 5.87. The Morgan fingerprint density at radius 1 is 1.09 bits per heavy atom. The van der Waals surface area contributed by atoms with E-state index in [0.717, 1.165) is 43.0 Å². The maximum absolute atomic E-state index is 14.9. The Morgan fingerprint density at radius 3 is 2.91 bits per heavy atom. The largest absolute Gasteiger partial charge is 0.346 e. The number of fused-ring (bicyclic) bond motifs is 4. The number of nitrogens with one attached hydrogen (secondary N) is 3. The average Bonchev–Trinajstić information content (AvgIpc) is 3.28. The van der Waals surface area contributed by atoms with Crippen LogP contribution >= 0.6 is 0 Å². The number of imidazole rings is 1. The van der Waals surface area contributed by atoms with E-state index in [1.54, 1.807) is 22.9 Å². The summed E-state index contributed by atoms with van der Waals surface area (Å²) in [6, 6.07) is 7.75. The van der Waals surface area contributed by atoms with E-state index in [0.29, 0.717) is 17.0 Å². The number of nitrogens with zero attached hydrogens (tertiary/aromatic N) is 4. The topological polar surface area (TPSA) is 100 Å². The number of rotatable bonds is 3. The van der Waals surface area contributed by atoms with E-state index in [1.807, 2.05) is 12.1 Å². The molecule has 0 saturated carbocycles. The minimum atomic E-state index is -0.749. The van der Waals surface area contributed by atoms with Crippen LogP contribution in [-0.2, 0) is 13.0 Å². The summed E-state index contributed by atoms with van der Waals surface area (Å²) in [6.45, 7) is 1.62. The van der Waals surface area contributed by atoms with E-state index in [-0.39, 0.29) is 22.6 Å². The fourth-order valence-electron chi connectivity index (χ4n) is 4.18. The summed E-state index contributed by atoms with van der Waals surface area (Å²) in [5.74, 6) is -0.790. The number of aromatic nitrogens is 5. The van der Waals surface area contributed by atoms with Crippen LogP contribution in [0.3, 0.4) is 0 Å². The van der Waals surface area contributed by atoms with Gasteiger partial charge in [0.25, 0.3) is 0 Å². The van der Waals surface area contributed by atoms with Crippen molar-refractivity contribution in [3.8, 4) is 11.3 Å². The van der Waals surface area contributed by atoms with Crippen LogP contribution in [0.4, 0.5) is 20.5 Å². The second-order valence-electron chi connectivity index (χ2n) is 7.82. The Kier molecular flexibility index (Phi) is 4.40. The second-order valence-corrected chi connectivity index (χ2v) is 7.82. The number of pyridine rings is 2. The number of hydrogen-bond donors (Lipinski definition) is 3. The summed E-state index contributed by atoms with van der Waals surface area (Å²) < 4.78 is 31.3. The van der Waals surface area contributed by atoms with Crippen molar-refractivity contribution in [2.45, 2.75) is 13.0 Å². The van der Waals surface area contributed by atoms with Crippen molar-refractivity contribution in [3.05, 3.63) is 82.0 Å². The first-order chi connectivity index (χ1) is 16.1. The minimum Gasteiger partial charge on any atom is -0.346 e. The summed E-state index contributed by atoms with van der Waals surface area (Å²) in [4.78, 5) is 28.2. The van der Waals surface area contributed by atoms with Gasteiger partial charge in [-0.3, -0.25) is 4.79 Å². The molecule has 164 valence electrons. The highest BCUT2D eigenvalue weighted by atomic mass is 19.1. The first-order valence-corrected chi connectivity index (χ1v) is 10.4. The summed E-state index contributed by atoms with van der Waals surface area (Å²) in [6.07, 6.45) is 5.14. The molecule has 0 amide bonds. The molecule has 5 aromatic rings. The van der Waals surface area contributed by atoms with Gasteiger partial charge < -0.3 is 20.0 Å². The molecule has 4 aromatic heterocycles. The molecular weight excluding hydrogens is 428 g/mol. The normalized spacial score (nSPS) is 13.4. The lowest BCUT2D eigenvalue weighted by molar-refractivity contribution is 0.617. The Morgan fingerprint density at radius 2 is 2.00 bits per heavy atom. The number of H-pyrrole nitrogens is 1. The molecule has 0 saturated heterocycles. The quantitative estimate of drug-likeness (QED) is 0.394. The standard InChI is InChI=1S/C23H17F2N7O/c24-14-7-13(8-17-21(14)18(33)9-20-27-5-6-32(17)20)22-15(25)11-28-23(31-22)30-19-2-1-12-10-26-4-3-16(12)29-19/h1-2,5-9,11,26-27H,3-4,10H2,(H,28,29,30,31). The molecule has 0 unspecified atom stereocenters. The van der Waals surface area contributed by atoms with Crippen molar-refractivity contribution in [3.63, 3.8) is 0 Å². The van der Waals surface area contributed by atoms with E-state index >= 15 is 0 Å². The number of aromatic amines is 1. The number of hydrogen-bond acceptors (Lipinski definition) is 6. The van der Waals surface area contributed by atoms with Crippen molar-refractivity contribution in [2.75, 3.05) is 11.9 Å². The highest BCUT2D eigenvalue weighted by Crippen LogP contribution is 2.28. The number of anilines is 2. The third-order valence-corrected chi connectivity index (χ3v) is 5.74. The molecule has 1 aromatic carbocycles. The summed E-state index contributed by atoms with van der Waals surface area (Å²) in [5, 5.41) is 6.22. The predicted octanol–water partition coefficient (Wildman–Crippen LogP) is 3.30. The predicted molar refractivity (Wildman–Crippen MR) is 119 cm³/mol. The van der Waals surface area contributed by atoms with Gasteiger partial charge in [0.15, 0.2) is 11.2 Å². The molecule has 1 aliphatic heterocycles. The van der Waals surface area contributed by atoms with Crippen molar-refractivity contribution in [2.24, 2.45) is 0 Å². The van der Waals surface area contributed by atoms with Crippen LogP contribution in [0.25, 0.3) is 27.8 Å². The molecule has 10 heteroatoms. The van der Waals surface area contributed by atoms with Gasteiger partial charge in [0.2, 0.25) is 5.95 Å². The van der Waals surface area contributed by atoms with Crippen LogP contribution in [0.15, 0.2) is 53.7 Å². The zero-order chi connectivity index (χ0) is 22.5. The Bertz CT molecular complexity index is 1610. The Balaban J connectivity index is 1.44. The Labute approximate surface area is 185 Å². The average molecular weight is 445 g/mol. The summed E-state index contributed by atoms with van der Waals surface area (Å²) in [7, 11) is 0. The molecule has 0 bridgehead atoms. The molecule has 1 aliphatic rings. The highest BCUT2D eigenvalue weighted by Gasteiger charge is 2.17. The molecule has 0 radical (unpaired) electrons. The number of benzene rings is 1. The van der Waals surface area contributed by atoms with Gasteiger partial charge in [-0.1, -0.05) is 6.07 Å². The summed E-state index contributed by atoms with van der Waals surface area (Å²) in [5.41, 5.74) is 2.57. The molecule has 6 rings (SSSR count). The van der Waals surface area contributed by atoms with Crippen LogP contribution in [0, 0.1) is 11.6 Å². The van der Waals surface area contributed by atoms with Gasteiger partial charge >= 0.3 is 0 Å². The first kappa shape index (κ1) is 19.5. The van der Waals surface area contributed by atoms with Crippen molar-refractivity contribution >= 4 is 28.3 Å². The van der Waals surface area contributed by atoms with E-state index in [1.165, 1.54) is 6.07 Å². The van der Waals surface area contributed by atoms with Crippen molar-refractivity contribution < 1.29 is 8.78 Å². The van der Waals surface area contributed by atoms with Crippen molar-refractivity contribution in [1.82, 2.24) is 29.7 Å². The monoisotopic (exact) mass is 445 g/mol. The maximum Gasteiger partial charge on any atom is 0.229 e. The van der Waals surface area contributed by atoms with Gasteiger partial charge in [0.05, 0.1) is 17.1 Å². The summed E-state index contributed by atoms with van der Waals surface area (Å²) >= 11 is 0. The van der Waals surface area contributed by atoms with Gasteiger partial charge in [0.1, 0.15) is 23.0 Å². The molecule has 0 aliphatic carbocycles. The van der Waals surface area contributed by atoms with E-state index in [2.05, 4.69) is 30.6 Å². The fourth-order valence-corrected chi connectivity index (χ4v) is 4.18. The van der Waals surface area contributed by atoms with Crippen LogP contribution in [0.1, 0.15) is 11.3 Å². The van der Waals surface area contributed by atoms with Crippen LogP contribution < -0.4 is 16.1 Å². The molecule has 5 heterocycles. The third kappa shape index (κ3) is 3.31. The van der Waals surface area contributed by atoms with Crippen LogP contribution in [0.2, 0.25) is 0 Å². The minimum absolute atomic E-state index is 0.0728. The zero-order valence-corrected chi connectivity index (χ0v) is 17.2. The van der Waals surface area contributed by atoms with Gasteiger partial charge in [-0.2, -0.15) is 0 Å². The molecule has 0 fully saturated rings. The van der Waals surface area contributed by atoms with Gasteiger partial charge in [-0.15, -0.1) is 0 Å². The Hall–Kier alpha value is -4.18. The molecule has 33 heavy (non-hydrogen) atoms. The van der Waals surface area contributed by atoms with E-state index < -0.39 is 17.1 Å². The molecule has 0 spiro atoms. The molecule has 3 N–H and O–H groups in total. The SMILES string of the molecule is O=c1cc2[nH]ccn2c2cc(-c3nc(Nc4ccc5c(n4)CCNC5)ncc3F)cc(F)c12. The van der Waals surface area contributed by atoms with Crippen LogP contribution in [-0.4, -0.2) is 30.9 Å². The smallest absolute Gasteiger partial charge is 0.229 e. The van der Waals surface area contributed by atoms with Gasteiger partial charge in [0, 0.05) is 49.2 Å². The molecular formula is C23H17F2N7O. The number of halogens is 2. The zero-order valence-electron chi connectivity index (χ0n) is 17.2. The van der Waals surface area contributed by atoms with Gasteiger partial charge in [-0.05, 0) is 23.8 Å². The lowest BCUT2D eigenvalue weighted by Gasteiger charge is -2.17. The fraction of sp³-hybridized carbons (Fsp3) is 0.130. The lowest BCUT2D eigenvalue weighted by atomic mass is 10.1. The second kappa shape index (κ2) is 7.45. The van der Waals surface area contributed by atoms with E-state index in [9.17, 15) is 13.6 Å². The van der Waals surface area contributed by atoms with Crippen LogP contribution in [0.5, 0.6) is 0 Å². The maximum atomic E-state index is 14.9. The lowest BCUT2D eigenvalue weighted by Crippen LogP contribution is -2.24. The van der Waals surface area contributed by atoms with Gasteiger partial charge in [-0.25, -0.2) is 23.7 Å². The molecule has 8 nitrogen and oxygen atoms in total. The first-order valence-electron chi connectivity index (χ1n) is 10.4. The van der Waals surface area contributed by atoms with E-state index in [4.69, 9.17) is 0 Å². The third-order valence-electron chi connectivity index (χ3n) is 5.74. The molecule has 0 atom stereocenters.